The average molecular weight is 568 g/mol. The SMILES string of the molecule is CCOCCN(c1cccc2cc(-c3ncc(CN(C)Cc4cccnc4)s3)[nH]c12)S(=O)(=O)c1cccs1. The predicted molar refractivity (Wildman–Crippen MR) is 154 cm³/mol. The van der Waals surface area contributed by atoms with Crippen LogP contribution in [0.2, 0.25) is 0 Å². The van der Waals surface area contributed by atoms with Gasteiger partial charge in [0.25, 0.3) is 10.0 Å². The first-order valence-electron chi connectivity index (χ1n) is 12.2. The second kappa shape index (κ2) is 11.7. The minimum atomic E-state index is -3.74. The zero-order valence-electron chi connectivity index (χ0n) is 21.2. The summed E-state index contributed by atoms with van der Waals surface area (Å²) in [6, 6.07) is 15.1. The number of thiazole rings is 1. The summed E-state index contributed by atoms with van der Waals surface area (Å²) in [7, 11) is -1.67. The third-order valence-electron chi connectivity index (χ3n) is 5.97. The van der Waals surface area contributed by atoms with Crippen LogP contribution in [0.4, 0.5) is 5.69 Å². The van der Waals surface area contributed by atoms with Crippen molar-refractivity contribution in [3.05, 3.63) is 82.9 Å². The molecule has 5 rings (SSSR count). The van der Waals surface area contributed by atoms with Crippen molar-refractivity contribution >= 4 is 49.3 Å². The number of hydrogen-bond acceptors (Lipinski definition) is 8. The van der Waals surface area contributed by atoms with Gasteiger partial charge in [0.1, 0.15) is 9.22 Å². The third kappa shape index (κ3) is 5.82. The highest BCUT2D eigenvalue weighted by atomic mass is 32.2. The fraction of sp³-hybridized carbons (Fsp3) is 0.259. The van der Waals surface area contributed by atoms with Crippen molar-refractivity contribution in [2.75, 3.05) is 31.1 Å². The number of hydrogen-bond donors (Lipinski definition) is 1. The molecule has 38 heavy (non-hydrogen) atoms. The molecular weight excluding hydrogens is 539 g/mol. The highest BCUT2D eigenvalue weighted by Gasteiger charge is 2.28. The van der Waals surface area contributed by atoms with Gasteiger partial charge in [0.15, 0.2) is 0 Å². The smallest absolute Gasteiger partial charge is 0.273 e. The van der Waals surface area contributed by atoms with Gasteiger partial charge in [-0.15, -0.1) is 22.7 Å². The number of aromatic amines is 1. The number of anilines is 1. The van der Waals surface area contributed by atoms with E-state index >= 15 is 0 Å². The Morgan fingerprint density at radius 1 is 1.08 bits per heavy atom. The van der Waals surface area contributed by atoms with Crippen molar-refractivity contribution in [2.24, 2.45) is 0 Å². The van der Waals surface area contributed by atoms with E-state index in [4.69, 9.17) is 4.74 Å². The molecule has 0 saturated heterocycles. The number of sulfonamides is 1. The number of H-pyrrole nitrogens is 1. The Morgan fingerprint density at radius 3 is 2.74 bits per heavy atom. The van der Waals surface area contributed by atoms with Crippen LogP contribution in [0.3, 0.4) is 0 Å². The molecule has 0 saturated carbocycles. The van der Waals surface area contributed by atoms with Gasteiger partial charge in [-0.2, -0.15) is 0 Å². The molecule has 0 bridgehead atoms. The summed E-state index contributed by atoms with van der Waals surface area (Å²) in [5, 5.41) is 3.56. The van der Waals surface area contributed by atoms with Crippen LogP contribution in [0.5, 0.6) is 0 Å². The molecule has 198 valence electrons. The molecule has 4 heterocycles. The maximum absolute atomic E-state index is 13.6. The quantitative estimate of drug-likeness (QED) is 0.197. The first-order valence-corrected chi connectivity index (χ1v) is 15.4. The van der Waals surface area contributed by atoms with E-state index in [1.807, 2.05) is 49.6 Å². The minimum Gasteiger partial charge on any atom is -0.380 e. The lowest BCUT2D eigenvalue weighted by molar-refractivity contribution is 0.156. The lowest BCUT2D eigenvalue weighted by atomic mass is 10.2. The van der Waals surface area contributed by atoms with Crippen LogP contribution < -0.4 is 4.31 Å². The van der Waals surface area contributed by atoms with E-state index in [2.05, 4.69) is 33.0 Å². The lowest BCUT2D eigenvalue weighted by Gasteiger charge is -2.24. The zero-order chi connectivity index (χ0) is 26.5. The highest BCUT2D eigenvalue weighted by Crippen LogP contribution is 2.35. The van der Waals surface area contributed by atoms with E-state index < -0.39 is 10.0 Å². The van der Waals surface area contributed by atoms with Gasteiger partial charge >= 0.3 is 0 Å². The molecule has 0 amide bonds. The van der Waals surface area contributed by atoms with Gasteiger partial charge in [-0.3, -0.25) is 14.2 Å². The molecule has 0 unspecified atom stereocenters. The molecule has 1 aromatic carbocycles. The van der Waals surface area contributed by atoms with Crippen LogP contribution in [0.1, 0.15) is 17.4 Å². The first kappa shape index (κ1) is 26.5. The lowest BCUT2D eigenvalue weighted by Crippen LogP contribution is -2.34. The van der Waals surface area contributed by atoms with Gasteiger partial charge in [0, 0.05) is 48.6 Å². The Labute approximate surface area is 230 Å². The fourth-order valence-corrected chi connectivity index (χ4v) is 7.80. The Bertz CT molecular complexity index is 1580. The van der Waals surface area contributed by atoms with E-state index in [1.54, 1.807) is 35.0 Å². The van der Waals surface area contributed by atoms with Crippen LogP contribution >= 0.6 is 22.7 Å². The number of fused-ring (bicyclic) bond motifs is 1. The Balaban J connectivity index is 1.42. The molecule has 0 atom stereocenters. The van der Waals surface area contributed by atoms with Gasteiger partial charge in [-0.1, -0.05) is 24.3 Å². The maximum Gasteiger partial charge on any atom is 0.273 e. The molecule has 0 fully saturated rings. The molecule has 0 aliphatic rings. The largest absolute Gasteiger partial charge is 0.380 e. The van der Waals surface area contributed by atoms with Crippen molar-refractivity contribution in [2.45, 2.75) is 24.2 Å². The number of benzene rings is 1. The number of ether oxygens (including phenoxy) is 1. The molecule has 0 spiro atoms. The molecule has 0 aliphatic carbocycles. The van der Waals surface area contributed by atoms with E-state index in [1.165, 1.54) is 15.6 Å². The number of nitrogens with one attached hydrogen (secondary N) is 1. The second-order valence-electron chi connectivity index (χ2n) is 8.80. The van der Waals surface area contributed by atoms with Crippen LogP contribution in [-0.2, 0) is 27.8 Å². The second-order valence-corrected chi connectivity index (χ2v) is 12.9. The number of aromatic nitrogens is 3. The van der Waals surface area contributed by atoms with Gasteiger partial charge in [0.2, 0.25) is 0 Å². The molecule has 1 N–H and O–H groups in total. The summed E-state index contributed by atoms with van der Waals surface area (Å²) in [6.07, 6.45) is 5.56. The summed E-state index contributed by atoms with van der Waals surface area (Å²) in [5.74, 6) is 0. The third-order valence-corrected chi connectivity index (χ3v) is 10.2. The van der Waals surface area contributed by atoms with Crippen LogP contribution in [-0.4, -0.2) is 55.1 Å². The Hall–Kier alpha value is -3.09. The minimum absolute atomic E-state index is 0.214. The normalized spacial score (nSPS) is 12.0. The van der Waals surface area contributed by atoms with Crippen molar-refractivity contribution in [1.29, 1.82) is 0 Å². The summed E-state index contributed by atoms with van der Waals surface area (Å²) in [5.41, 5.74) is 3.37. The van der Waals surface area contributed by atoms with Gasteiger partial charge in [0.05, 0.1) is 30.0 Å². The van der Waals surface area contributed by atoms with Crippen molar-refractivity contribution in [1.82, 2.24) is 19.9 Å². The van der Waals surface area contributed by atoms with E-state index in [9.17, 15) is 8.42 Å². The maximum atomic E-state index is 13.6. The zero-order valence-corrected chi connectivity index (χ0v) is 23.7. The standard InChI is InChI=1S/C27H29N5O3S3/c1-3-35-13-12-32(38(33,34)25-10-6-14-36-25)24-9-4-8-21-15-23(30-26(21)24)27-29-17-22(37-27)19-31(2)18-20-7-5-11-28-16-20/h4-11,14-17,30H,3,12-13,18-19H2,1-2H3. The van der Waals surface area contributed by atoms with Crippen LogP contribution in [0.25, 0.3) is 21.6 Å². The highest BCUT2D eigenvalue weighted by molar-refractivity contribution is 7.94. The topological polar surface area (TPSA) is 91.4 Å². The average Bonchev–Trinajstić information content (AvgIpc) is 3.68. The first-order chi connectivity index (χ1) is 18.5. The Morgan fingerprint density at radius 2 is 1.97 bits per heavy atom. The molecule has 11 heteroatoms. The molecule has 0 aliphatic heterocycles. The Kier molecular flexibility index (Phi) is 8.20. The van der Waals surface area contributed by atoms with Gasteiger partial charge < -0.3 is 9.72 Å². The van der Waals surface area contributed by atoms with Crippen molar-refractivity contribution in [3.63, 3.8) is 0 Å². The number of rotatable bonds is 12. The van der Waals surface area contributed by atoms with Crippen LogP contribution in [0.15, 0.2) is 76.7 Å². The molecule has 4 aromatic heterocycles. The van der Waals surface area contributed by atoms with Gasteiger partial charge in [-0.05, 0) is 49.2 Å². The summed E-state index contributed by atoms with van der Waals surface area (Å²) in [6.45, 7) is 4.50. The molecule has 8 nitrogen and oxygen atoms in total. The summed E-state index contributed by atoms with van der Waals surface area (Å²) >= 11 is 2.84. The van der Waals surface area contributed by atoms with E-state index in [0.717, 1.165) is 45.1 Å². The molecule has 5 aromatic rings. The molecule has 0 radical (unpaired) electrons. The predicted octanol–water partition coefficient (Wildman–Crippen LogP) is 5.61. The van der Waals surface area contributed by atoms with E-state index in [-0.39, 0.29) is 6.54 Å². The summed E-state index contributed by atoms with van der Waals surface area (Å²) < 4.78 is 34.5. The van der Waals surface area contributed by atoms with Crippen LogP contribution in [0, 0.1) is 0 Å². The fourth-order valence-electron chi connectivity index (χ4n) is 4.27. The number of nitrogens with zero attached hydrogens (tertiary/aromatic N) is 4. The van der Waals surface area contributed by atoms with E-state index in [0.29, 0.717) is 23.1 Å². The van der Waals surface area contributed by atoms with Crippen molar-refractivity contribution < 1.29 is 13.2 Å². The van der Waals surface area contributed by atoms with Gasteiger partial charge in [-0.25, -0.2) is 13.4 Å². The molecular formula is C27H29N5O3S3. The number of para-hydroxylation sites is 1. The summed E-state index contributed by atoms with van der Waals surface area (Å²) in [4.78, 5) is 15.7. The number of thiophene rings is 1. The van der Waals surface area contributed by atoms with Crippen molar-refractivity contribution in [3.8, 4) is 10.7 Å². The number of pyridine rings is 1. The monoisotopic (exact) mass is 567 g/mol.